The average Bonchev–Trinajstić information content (AvgIpc) is 2.89. The van der Waals surface area contributed by atoms with E-state index in [0.717, 1.165) is 24.1 Å². The van der Waals surface area contributed by atoms with Crippen molar-refractivity contribution in [1.82, 2.24) is 9.88 Å². The highest BCUT2D eigenvalue weighted by Crippen LogP contribution is 2.31. The minimum Gasteiger partial charge on any atom is -0.493 e. The molecule has 2 N–H and O–H groups in total. The Morgan fingerprint density at radius 1 is 1.03 bits per heavy atom. The Morgan fingerprint density at radius 3 is 2.65 bits per heavy atom. The van der Waals surface area contributed by atoms with Gasteiger partial charge in [0.15, 0.2) is 11.5 Å². The minimum absolute atomic E-state index is 0.124. The molecule has 2 heterocycles. The van der Waals surface area contributed by atoms with Crippen molar-refractivity contribution in [3.63, 3.8) is 0 Å². The highest BCUT2D eigenvalue weighted by atomic mass is 16.5. The van der Waals surface area contributed by atoms with Crippen molar-refractivity contribution in [1.29, 1.82) is 0 Å². The van der Waals surface area contributed by atoms with Crippen LogP contribution in [0.4, 0.5) is 16.2 Å². The zero-order chi connectivity index (χ0) is 23.8. The molecule has 1 unspecified atom stereocenters. The lowest BCUT2D eigenvalue weighted by Crippen LogP contribution is -2.45. The Morgan fingerprint density at radius 2 is 1.88 bits per heavy atom. The Kier molecular flexibility index (Phi) is 7.60. The van der Waals surface area contributed by atoms with Gasteiger partial charge in [0.05, 0.1) is 13.0 Å². The van der Waals surface area contributed by atoms with Gasteiger partial charge in [0.1, 0.15) is 6.61 Å². The van der Waals surface area contributed by atoms with E-state index in [4.69, 9.17) is 9.47 Å². The number of carbonyl (C=O) groups excluding carboxylic acids is 2. The molecule has 34 heavy (non-hydrogen) atoms. The highest BCUT2D eigenvalue weighted by molar-refractivity contribution is 5.94. The van der Waals surface area contributed by atoms with Crippen LogP contribution < -0.4 is 20.1 Å². The number of pyridine rings is 1. The van der Waals surface area contributed by atoms with Gasteiger partial charge < -0.3 is 25.0 Å². The summed E-state index contributed by atoms with van der Waals surface area (Å²) in [5.41, 5.74) is 2.27. The first-order valence-corrected chi connectivity index (χ1v) is 11.2. The summed E-state index contributed by atoms with van der Waals surface area (Å²) in [6.45, 7) is 1.32. The van der Waals surface area contributed by atoms with Crippen LogP contribution in [0.2, 0.25) is 0 Å². The van der Waals surface area contributed by atoms with Gasteiger partial charge in [-0.15, -0.1) is 0 Å². The first kappa shape index (κ1) is 23.1. The lowest BCUT2D eigenvalue weighted by Gasteiger charge is -2.32. The van der Waals surface area contributed by atoms with Crippen LogP contribution in [0.3, 0.4) is 0 Å². The van der Waals surface area contributed by atoms with Crippen LogP contribution in [0.15, 0.2) is 73.1 Å². The molecule has 176 valence electrons. The van der Waals surface area contributed by atoms with Crippen molar-refractivity contribution in [3.8, 4) is 11.5 Å². The van der Waals surface area contributed by atoms with Gasteiger partial charge in [0.25, 0.3) is 0 Å². The molecule has 1 aromatic heterocycles. The van der Waals surface area contributed by atoms with E-state index in [9.17, 15) is 9.59 Å². The van der Waals surface area contributed by atoms with Gasteiger partial charge in [-0.2, -0.15) is 0 Å². The van der Waals surface area contributed by atoms with E-state index in [-0.39, 0.29) is 17.9 Å². The minimum atomic E-state index is -0.294. The molecule has 1 fully saturated rings. The van der Waals surface area contributed by atoms with Crippen LogP contribution in [0.5, 0.6) is 11.5 Å². The summed E-state index contributed by atoms with van der Waals surface area (Å²) in [7, 11) is 1.57. The van der Waals surface area contributed by atoms with Crippen LogP contribution >= 0.6 is 0 Å². The molecule has 1 atom stereocenters. The summed E-state index contributed by atoms with van der Waals surface area (Å²) in [5, 5.41) is 5.85. The third-order valence-corrected chi connectivity index (χ3v) is 5.65. The smallest absolute Gasteiger partial charge is 0.321 e. The molecule has 1 aliphatic heterocycles. The number of nitrogens with one attached hydrogen (secondary N) is 2. The van der Waals surface area contributed by atoms with E-state index < -0.39 is 0 Å². The fraction of sp³-hybridized carbons (Fsp3) is 0.269. The zero-order valence-electron chi connectivity index (χ0n) is 19.1. The van der Waals surface area contributed by atoms with Crippen molar-refractivity contribution < 1.29 is 19.1 Å². The number of para-hydroxylation sites is 1. The van der Waals surface area contributed by atoms with Gasteiger partial charge in [-0.05, 0) is 43.2 Å². The second-order valence-corrected chi connectivity index (χ2v) is 8.09. The van der Waals surface area contributed by atoms with Crippen molar-refractivity contribution in [3.05, 3.63) is 78.6 Å². The van der Waals surface area contributed by atoms with Gasteiger partial charge in [0.2, 0.25) is 5.91 Å². The number of piperidine rings is 1. The normalized spacial score (nSPS) is 15.3. The Balaban J connectivity index is 1.37. The first-order chi connectivity index (χ1) is 16.6. The number of amides is 3. The molecule has 3 aromatic rings. The molecule has 8 heteroatoms. The number of ether oxygens (including phenoxy) is 2. The molecular formula is C26H28N4O4. The van der Waals surface area contributed by atoms with E-state index in [1.807, 2.05) is 42.5 Å². The van der Waals surface area contributed by atoms with E-state index in [0.29, 0.717) is 36.9 Å². The zero-order valence-corrected chi connectivity index (χ0v) is 19.1. The van der Waals surface area contributed by atoms with Crippen LogP contribution in [-0.4, -0.2) is 42.0 Å². The quantitative estimate of drug-likeness (QED) is 0.540. The Bertz CT molecular complexity index is 1110. The van der Waals surface area contributed by atoms with Crippen LogP contribution in [0.1, 0.15) is 18.4 Å². The Labute approximate surface area is 198 Å². The van der Waals surface area contributed by atoms with Gasteiger partial charge in [-0.3, -0.25) is 9.78 Å². The maximum atomic E-state index is 13.0. The molecule has 0 radical (unpaired) electrons. The fourth-order valence-corrected chi connectivity index (χ4v) is 3.86. The van der Waals surface area contributed by atoms with Crippen LogP contribution in [0.25, 0.3) is 0 Å². The summed E-state index contributed by atoms with van der Waals surface area (Å²) < 4.78 is 11.3. The number of anilines is 2. The summed E-state index contributed by atoms with van der Waals surface area (Å²) in [6, 6.07) is 18.2. The van der Waals surface area contributed by atoms with Gasteiger partial charge >= 0.3 is 6.03 Å². The van der Waals surface area contributed by atoms with E-state index in [1.165, 1.54) is 0 Å². The van der Waals surface area contributed by atoms with Crippen LogP contribution in [-0.2, 0) is 11.4 Å². The number of carbonyl (C=O) groups is 2. The highest BCUT2D eigenvalue weighted by Gasteiger charge is 2.28. The molecule has 1 aliphatic rings. The number of benzene rings is 2. The number of likely N-dealkylation sites (tertiary alicyclic amines) is 1. The number of aromatic nitrogens is 1. The summed E-state index contributed by atoms with van der Waals surface area (Å²) in [4.78, 5) is 31.4. The van der Waals surface area contributed by atoms with E-state index in [1.54, 1.807) is 42.6 Å². The standard InChI is InChI=1S/C26H28N4O4/c1-33-23-12-11-22(15-24(23)34-18-19-7-5-13-27-16-19)28-25(31)20-8-6-14-30(17-20)26(32)29-21-9-3-2-4-10-21/h2-5,7,9-13,15-16,20H,6,8,14,17-18H2,1H3,(H,28,31)(H,29,32). The summed E-state index contributed by atoms with van der Waals surface area (Å²) in [5.74, 6) is 0.678. The lowest BCUT2D eigenvalue weighted by molar-refractivity contribution is -0.121. The molecule has 0 bridgehead atoms. The van der Waals surface area contributed by atoms with Crippen molar-refractivity contribution in [2.24, 2.45) is 5.92 Å². The number of hydrogen-bond acceptors (Lipinski definition) is 5. The molecule has 8 nitrogen and oxygen atoms in total. The van der Waals surface area contributed by atoms with E-state index >= 15 is 0 Å². The van der Waals surface area contributed by atoms with Crippen molar-refractivity contribution in [2.45, 2.75) is 19.4 Å². The number of nitrogens with zero attached hydrogens (tertiary/aromatic N) is 2. The second-order valence-electron chi connectivity index (χ2n) is 8.09. The van der Waals surface area contributed by atoms with E-state index in [2.05, 4.69) is 15.6 Å². The second kappa shape index (κ2) is 11.2. The summed E-state index contributed by atoms with van der Waals surface area (Å²) >= 11 is 0. The monoisotopic (exact) mass is 460 g/mol. The maximum Gasteiger partial charge on any atom is 0.321 e. The largest absolute Gasteiger partial charge is 0.493 e. The van der Waals surface area contributed by atoms with Crippen molar-refractivity contribution >= 4 is 23.3 Å². The number of hydrogen-bond donors (Lipinski definition) is 2. The van der Waals surface area contributed by atoms with Gasteiger partial charge in [-0.25, -0.2) is 4.79 Å². The molecule has 0 saturated carbocycles. The lowest BCUT2D eigenvalue weighted by atomic mass is 9.97. The average molecular weight is 461 g/mol. The maximum absolute atomic E-state index is 13.0. The Hall–Kier alpha value is -4.07. The molecular weight excluding hydrogens is 432 g/mol. The van der Waals surface area contributed by atoms with Crippen LogP contribution in [0, 0.1) is 5.92 Å². The van der Waals surface area contributed by atoms with Gasteiger partial charge in [0, 0.05) is 48.5 Å². The SMILES string of the molecule is COc1ccc(NC(=O)C2CCCN(C(=O)Nc3ccccc3)C2)cc1OCc1cccnc1. The topological polar surface area (TPSA) is 92.8 Å². The molecule has 0 aliphatic carbocycles. The number of rotatable bonds is 7. The number of urea groups is 1. The van der Waals surface area contributed by atoms with Gasteiger partial charge in [-0.1, -0.05) is 24.3 Å². The molecule has 4 rings (SSSR count). The fourth-order valence-electron chi connectivity index (χ4n) is 3.86. The number of methoxy groups -OCH3 is 1. The molecule has 3 amide bonds. The predicted molar refractivity (Wildman–Crippen MR) is 130 cm³/mol. The third-order valence-electron chi connectivity index (χ3n) is 5.65. The third kappa shape index (κ3) is 6.04. The summed E-state index contributed by atoms with van der Waals surface area (Å²) in [6.07, 6.45) is 4.93. The molecule has 0 spiro atoms. The predicted octanol–water partition coefficient (Wildman–Crippen LogP) is 4.55. The first-order valence-electron chi connectivity index (χ1n) is 11.2. The van der Waals surface area contributed by atoms with Crippen molar-refractivity contribution in [2.75, 3.05) is 30.8 Å². The molecule has 1 saturated heterocycles. The molecule has 2 aromatic carbocycles.